The van der Waals surface area contributed by atoms with Crippen LogP contribution in [0.1, 0.15) is 105 Å². The topological polar surface area (TPSA) is 221 Å². The highest BCUT2D eigenvalue weighted by molar-refractivity contribution is 8.17. The normalized spacial score (nSPS) is 14.9. The van der Waals surface area contributed by atoms with Crippen molar-refractivity contribution in [2.45, 2.75) is 78.3 Å². The van der Waals surface area contributed by atoms with Crippen LogP contribution in [0.2, 0.25) is 0 Å². The number of carbonyl (C=O) groups excluding carboxylic acids is 2. The highest BCUT2D eigenvalue weighted by Crippen LogP contribution is 2.36. The Morgan fingerprint density at radius 2 is 0.843 bits per heavy atom. The Hall–Kier alpha value is -6.36. The summed E-state index contributed by atoms with van der Waals surface area (Å²) in [6.07, 6.45) is 14.4. The van der Waals surface area contributed by atoms with Crippen molar-refractivity contribution >= 4 is 71.0 Å². The van der Waals surface area contributed by atoms with E-state index >= 15 is 0 Å². The molecule has 2 N–H and O–H groups in total. The van der Waals surface area contributed by atoms with Crippen molar-refractivity contribution in [2.24, 2.45) is 0 Å². The summed E-state index contributed by atoms with van der Waals surface area (Å²) in [5.74, 6) is 1.48. The number of amides is 2. The fourth-order valence-corrected chi connectivity index (χ4v) is 10.6. The number of hydrogen-bond donors (Lipinski definition) is 2. The molecular formula is C48H50N10O8S4. The van der Waals surface area contributed by atoms with Crippen LogP contribution in [0.25, 0.3) is 46.3 Å². The van der Waals surface area contributed by atoms with Gasteiger partial charge in [0.1, 0.15) is 47.7 Å². The molecule has 0 saturated heterocycles. The molecule has 0 fully saturated rings. The van der Waals surface area contributed by atoms with Crippen molar-refractivity contribution in [2.75, 3.05) is 32.4 Å². The molecule has 2 amide bonds. The number of anilines is 2. The molecule has 7 heterocycles. The Morgan fingerprint density at radius 3 is 1.21 bits per heavy atom. The Balaban J connectivity index is 1.03. The molecule has 12 bridgehead atoms. The summed E-state index contributed by atoms with van der Waals surface area (Å²) < 4.78 is 40.7. The zero-order chi connectivity index (χ0) is 49.1. The second kappa shape index (κ2) is 21.3. The number of aryl methyl sites for hydroxylation is 6. The molecule has 22 heteroatoms. The summed E-state index contributed by atoms with van der Waals surface area (Å²) in [4.78, 5) is 56.2. The number of nitrogens with one attached hydrogen (secondary N) is 2. The van der Waals surface area contributed by atoms with Crippen molar-refractivity contribution < 1.29 is 36.1 Å². The van der Waals surface area contributed by atoms with E-state index in [0.29, 0.717) is 60.1 Å². The standard InChI is InChI=1S/C48H50N10O8S4/c1-25-37-45-51-35(23-61-45)41(59)49-34(14-10-12-30-17-21-32(22-18-30)58(69-7)70-8)44-54-40(28(4)64-44)48-56-38(26(2)66-48)46-52-36(24-62-46)42(60)50-33(43-53-39(27(3)63-43)47(55-37)65-25)13-9-11-29-15-19-31(20-16-29)57(67-5)68-6/h15-24,33-34H,9-14H2,1-8H3,(H,49,59)(H,50,60)/t33-,34?/m0/s1. The van der Waals surface area contributed by atoms with Crippen LogP contribution in [0.15, 0.2) is 87.6 Å². The number of fused-ring (bicyclic) bond motifs is 16. The number of hydrogen-bond acceptors (Lipinski definition) is 20. The minimum Gasteiger partial charge on any atom is -0.443 e. The van der Waals surface area contributed by atoms with Crippen LogP contribution in [0.4, 0.5) is 11.4 Å². The summed E-state index contributed by atoms with van der Waals surface area (Å²) in [6, 6.07) is 15.4. The van der Waals surface area contributed by atoms with Crippen LogP contribution < -0.4 is 18.1 Å². The SMILES string of the molecule is CSN(SC)c1ccc(CCCC2NC(=O)c3coc(n3)-c3nc(oc3C)-c3nc(oc3C)[C@H](CCCc3ccc(N(SC)SC)cc3)NC(=O)c3coc(n3)-c3nc(oc3C)-c3nc2oc3C)cc1. The lowest BCUT2D eigenvalue weighted by atomic mass is 10.0. The van der Waals surface area contributed by atoms with E-state index in [1.54, 1.807) is 75.5 Å². The van der Waals surface area contributed by atoms with Crippen LogP contribution in [-0.2, 0) is 12.8 Å². The minimum atomic E-state index is -0.687. The van der Waals surface area contributed by atoms with Gasteiger partial charge in [-0.05, 0) is 149 Å². The van der Waals surface area contributed by atoms with Crippen molar-refractivity contribution in [1.82, 2.24) is 40.5 Å². The van der Waals surface area contributed by atoms with Gasteiger partial charge in [0, 0.05) is 25.0 Å². The molecule has 18 nitrogen and oxygen atoms in total. The first-order valence-corrected chi connectivity index (χ1v) is 27.0. The number of nitrogens with zero attached hydrogens (tertiary/aromatic N) is 8. The predicted molar refractivity (Wildman–Crippen MR) is 272 cm³/mol. The molecule has 0 aliphatic carbocycles. The average Bonchev–Trinajstić information content (AvgIpc) is 4.24. The van der Waals surface area contributed by atoms with Gasteiger partial charge in [-0.1, -0.05) is 24.3 Å². The Morgan fingerprint density at radius 1 is 0.486 bits per heavy atom. The third kappa shape index (κ3) is 10.4. The molecule has 2 aromatic carbocycles. The number of benzene rings is 2. The van der Waals surface area contributed by atoms with Crippen molar-refractivity contribution in [3.63, 3.8) is 0 Å². The molecule has 70 heavy (non-hydrogen) atoms. The Kier molecular flexibility index (Phi) is 14.8. The van der Waals surface area contributed by atoms with E-state index in [4.69, 9.17) is 46.4 Å². The van der Waals surface area contributed by atoms with Crippen LogP contribution >= 0.6 is 47.8 Å². The van der Waals surface area contributed by atoms with Gasteiger partial charge in [-0.15, -0.1) is 0 Å². The first kappa shape index (κ1) is 48.7. The lowest BCUT2D eigenvalue weighted by molar-refractivity contribution is 0.0914. The second-order valence-electron chi connectivity index (χ2n) is 16.3. The predicted octanol–water partition coefficient (Wildman–Crippen LogP) is 11.5. The Bertz CT molecular complexity index is 2890. The van der Waals surface area contributed by atoms with Crippen molar-refractivity contribution in [3.8, 4) is 46.3 Å². The fraction of sp³-hybridized carbons (Fsp3) is 0.333. The molecule has 0 spiro atoms. The maximum absolute atomic E-state index is 14.0. The summed E-state index contributed by atoms with van der Waals surface area (Å²) in [5.41, 5.74) is 5.71. The lowest BCUT2D eigenvalue weighted by Crippen LogP contribution is -2.29. The molecule has 9 rings (SSSR count). The van der Waals surface area contributed by atoms with E-state index in [1.165, 1.54) is 12.5 Å². The molecule has 6 aromatic heterocycles. The van der Waals surface area contributed by atoms with Crippen molar-refractivity contribution in [3.05, 3.63) is 118 Å². The molecule has 8 aromatic rings. The van der Waals surface area contributed by atoms with Crippen LogP contribution in [0.3, 0.4) is 0 Å². The van der Waals surface area contributed by atoms with Gasteiger partial charge in [-0.25, -0.2) is 29.9 Å². The summed E-state index contributed by atoms with van der Waals surface area (Å²) in [7, 11) is 0. The molecule has 1 aliphatic heterocycles. The maximum Gasteiger partial charge on any atom is 0.273 e. The minimum absolute atomic E-state index is 0.0132. The number of aromatic nitrogens is 6. The van der Waals surface area contributed by atoms with E-state index in [-0.39, 0.29) is 58.1 Å². The van der Waals surface area contributed by atoms with Gasteiger partial charge in [0.2, 0.25) is 35.3 Å². The average molecular weight is 1020 g/mol. The summed E-state index contributed by atoms with van der Waals surface area (Å²) in [6.45, 7) is 6.91. The maximum atomic E-state index is 14.0. The number of carbonyl (C=O) groups is 2. The van der Waals surface area contributed by atoms with E-state index < -0.39 is 23.9 Å². The smallest absolute Gasteiger partial charge is 0.273 e. The van der Waals surface area contributed by atoms with Gasteiger partial charge in [0.05, 0.1) is 11.4 Å². The molecule has 364 valence electrons. The quantitative estimate of drug-likeness (QED) is 0.0967. The summed E-state index contributed by atoms with van der Waals surface area (Å²) >= 11 is 6.56. The van der Waals surface area contributed by atoms with Gasteiger partial charge in [-0.2, -0.15) is 0 Å². The van der Waals surface area contributed by atoms with E-state index in [0.717, 1.165) is 35.3 Å². The monoisotopic (exact) mass is 1020 g/mol. The van der Waals surface area contributed by atoms with Crippen LogP contribution in [0, 0.1) is 27.7 Å². The fourth-order valence-electron chi connectivity index (χ4n) is 8.03. The third-order valence-corrected chi connectivity index (χ3v) is 15.5. The first-order chi connectivity index (χ1) is 33.9. The zero-order valence-electron chi connectivity index (χ0n) is 39.6. The highest BCUT2D eigenvalue weighted by Gasteiger charge is 2.31. The molecule has 1 unspecified atom stereocenters. The molecular weight excluding hydrogens is 973 g/mol. The number of rotatable bonds is 14. The van der Waals surface area contributed by atoms with Crippen LogP contribution in [-0.4, -0.2) is 66.7 Å². The molecule has 0 radical (unpaired) electrons. The zero-order valence-corrected chi connectivity index (χ0v) is 42.9. The second-order valence-corrected chi connectivity index (χ2v) is 19.6. The van der Waals surface area contributed by atoms with Gasteiger partial charge in [0.15, 0.2) is 34.2 Å². The summed E-state index contributed by atoms with van der Waals surface area (Å²) in [5, 5.41) is 6.15. The molecule has 1 aliphatic rings. The Labute approximate surface area is 420 Å². The van der Waals surface area contributed by atoms with Crippen molar-refractivity contribution in [1.29, 1.82) is 0 Å². The third-order valence-electron chi connectivity index (χ3n) is 11.6. The van der Waals surface area contributed by atoms with Crippen LogP contribution in [0.5, 0.6) is 0 Å². The number of oxazole rings is 6. The first-order valence-electron chi connectivity index (χ1n) is 22.3. The van der Waals surface area contributed by atoms with Gasteiger partial charge in [0.25, 0.3) is 11.8 Å². The van der Waals surface area contributed by atoms with Gasteiger partial charge in [-0.3, -0.25) is 17.0 Å². The molecule has 0 saturated carbocycles. The van der Waals surface area contributed by atoms with E-state index in [1.807, 2.05) is 25.0 Å². The van der Waals surface area contributed by atoms with E-state index in [2.05, 4.69) is 76.6 Å². The molecule has 2 atom stereocenters. The van der Waals surface area contributed by atoms with Gasteiger partial charge < -0.3 is 37.1 Å². The van der Waals surface area contributed by atoms with E-state index in [9.17, 15) is 9.59 Å². The highest BCUT2D eigenvalue weighted by atomic mass is 32.2. The largest absolute Gasteiger partial charge is 0.443 e. The van der Waals surface area contributed by atoms with Gasteiger partial charge >= 0.3 is 0 Å². The lowest BCUT2D eigenvalue weighted by Gasteiger charge is -2.18.